The Balaban J connectivity index is 2.63. The van der Waals surface area contributed by atoms with Gasteiger partial charge in [0.2, 0.25) is 5.28 Å². The first-order chi connectivity index (χ1) is 6.70. The fraction of sp³-hybridized carbons (Fsp3) is 0. The smallest absolute Gasteiger partial charge is 0.229 e. The number of hydrogen-bond donors (Lipinski definition) is 0. The molecule has 0 saturated heterocycles. The Morgan fingerprint density at radius 1 is 1.29 bits per heavy atom. The Kier molecular flexibility index (Phi) is 2.17. The van der Waals surface area contributed by atoms with Crippen LogP contribution in [0.3, 0.4) is 0 Å². The average Bonchev–Trinajstić information content (AvgIpc) is 2.57. The zero-order valence-electron chi connectivity index (χ0n) is 6.78. The van der Waals surface area contributed by atoms with Crippen molar-refractivity contribution in [2.24, 2.45) is 0 Å². The minimum Gasteiger partial charge on any atom is -0.269 e. The summed E-state index contributed by atoms with van der Waals surface area (Å²) in [7, 11) is 0. The molecule has 0 N–H and O–H groups in total. The quantitative estimate of drug-likeness (QED) is 0.730. The highest BCUT2D eigenvalue weighted by Crippen LogP contribution is 2.18. The van der Waals surface area contributed by atoms with Crippen molar-refractivity contribution in [3.63, 3.8) is 0 Å². The molecule has 0 radical (unpaired) electrons. The molecule has 1 aromatic heterocycles. The molecular weight excluding hydrogens is 212 g/mol. The minimum atomic E-state index is -0.978. The summed E-state index contributed by atoms with van der Waals surface area (Å²) < 4.78 is 27.2. The Labute approximate surface area is 82.9 Å². The number of benzene rings is 1. The molecule has 0 amide bonds. The van der Waals surface area contributed by atoms with Crippen molar-refractivity contribution in [3.05, 3.63) is 41.4 Å². The standard InChI is InChI=1S/C8H4ClF2N3/c9-8-13-12-4-14(8)6-3-1-2-5(10)7(6)11/h1-4H. The van der Waals surface area contributed by atoms with Crippen molar-refractivity contribution in [1.82, 2.24) is 14.8 Å². The van der Waals surface area contributed by atoms with E-state index in [0.717, 1.165) is 10.6 Å². The molecule has 72 valence electrons. The van der Waals surface area contributed by atoms with Crippen LogP contribution in [0.2, 0.25) is 5.28 Å². The van der Waals surface area contributed by atoms with E-state index in [1.807, 2.05) is 0 Å². The first-order valence-electron chi connectivity index (χ1n) is 3.70. The van der Waals surface area contributed by atoms with Crippen molar-refractivity contribution < 1.29 is 8.78 Å². The van der Waals surface area contributed by atoms with Crippen LogP contribution in [0.1, 0.15) is 0 Å². The van der Waals surface area contributed by atoms with Crippen molar-refractivity contribution in [3.8, 4) is 5.69 Å². The molecule has 0 aliphatic rings. The number of rotatable bonds is 1. The van der Waals surface area contributed by atoms with Gasteiger partial charge >= 0.3 is 0 Å². The molecule has 14 heavy (non-hydrogen) atoms. The van der Waals surface area contributed by atoms with Crippen LogP contribution in [-0.4, -0.2) is 14.8 Å². The van der Waals surface area contributed by atoms with Crippen molar-refractivity contribution in [2.75, 3.05) is 0 Å². The zero-order valence-corrected chi connectivity index (χ0v) is 7.54. The summed E-state index contributed by atoms with van der Waals surface area (Å²) in [6.45, 7) is 0. The molecule has 0 aliphatic heterocycles. The van der Waals surface area contributed by atoms with Gasteiger partial charge in [0.15, 0.2) is 11.6 Å². The molecule has 0 aliphatic carbocycles. The van der Waals surface area contributed by atoms with Gasteiger partial charge in [-0.1, -0.05) is 6.07 Å². The van der Waals surface area contributed by atoms with Crippen LogP contribution >= 0.6 is 11.6 Å². The van der Waals surface area contributed by atoms with Gasteiger partial charge in [-0.2, -0.15) is 0 Å². The molecule has 0 unspecified atom stereocenters. The van der Waals surface area contributed by atoms with E-state index in [4.69, 9.17) is 11.6 Å². The van der Waals surface area contributed by atoms with Crippen molar-refractivity contribution >= 4 is 11.6 Å². The van der Waals surface area contributed by atoms with Gasteiger partial charge in [0.25, 0.3) is 0 Å². The van der Waals surface area contributed by atoms with Gasteiger partial charge in [0, 0.05) is 0 Å². The Morgan fingerprint density at radius 2 is 2.07 bits per heavy atom. The van der Waals surface area contributed by atoms with E-state index in [1.165, 1.54) is 18.5 Å². The first-order valence-corrected chi connectivity index (χ1v) is 4.08. The summed E-state index contributed by atoms with van der Waals surface area (Å²) in [4.78, 5) is 0. The summed E-state index contributed by atoms with van der Waals surface area (Å²) in [5, 5.41) is 6.89. The lowest BCUT2D eigenvalue weighted by atomic mass is 10.3. The lowest BCUT2D eigenvalue weighted by Crippen LogP contribution is -1.98. The van der Waals surface area contributed by atoms with Crippen LogP contribution in [0, 0.1) is 11.6 Å². The molecule has 2 rings (SSSR count). The van der Waals surface area contributed by atoms with Crippen LogP contribution in [0.15, 0.2) is 24.5 Å². The number of aromatic nitrogens is 3. The Morgan fingerprint density at radius 3 is 2.71 bits per heavy atom. The third kappa shape index (κ3) is 1.35. The summed E-state index contributed by atoms with van der Waals surface area (Å²) >= 11 is 5.60. The van der Waals surface area contributed by atoms with Crippen LogP contribution in [0.25, 0.3) is 5.69 Å². The molecule has 1 aromatic carbocycles. The first kappa shape index (κ1) is 9.08. The minimum absolute atomic E-state index is 0.0139. The van der Waals surface area contributed by atoms with E-state index in [1.54, 1.807) is 0 Å². The van der Waals surface area contributed by atoms with E-state index in [0.29, 0.717) is 0 Å². The van der Waals surface area contributed by atoms with Gasteiger partial charge in [0.05, 0.1) is 5.69 Å². The van der Waals surface area contributed by atoms with Gasteiger partial charge in [-0.15, -0.1) is 10.2 Å². The maximum atomic E-state index is 13.2. The van der Waals surface area contributed by atoms with Gasteiger partial charge < -0.3 is 0 Å². The lowest BCUT2D eigenvalue weighted by molar-refractivity contribution is 0.504. The zero-order chi connectivity index (χ0) is 10.1. The van der Waals surface area contributed by atoms with Crippen LogP contribution in [0.4, 0.5) is 8.78 Å². The van der Waals surface area contributed by atoms with Crippen LogP contribution < -0.4 is 0 Å². The highest BCUT2D eigenvalue weighted by molar-refractivity contribution is 6.28. The molecule has 0 bridgehead atoms. The Hall–Kier alpha value is -1.49. The molecule has 0 saturated carbocycles. The average molecular weight is 216 g/mol. The molecule has 0 fully saturated rings. The summed E-state index contributed by atoms with van der Waals surface area (Å²) in [6, 6.07) is 3.79. The fourth-order valence-electron chi connectivity index (χ4n) is 1.06. The third-order valence-electron chi connectivity index (χ3n) is 1.70. The van der Waals surface area contributed by atoms with Gasteiger partial charge in [-0.3, -0.25) is 4.57 Å². The number of hydrogen-bond acceptors (Lipinski definition) is 2. The molecule has 0 spiro atoms. The lowest BCUT2D eigenvalue weighted by Gasteiger charge is -2.03. The summed E-state index contributed by atoms with van der Waals surface area (Å²) in [5.41, 5.74) is -0.0139. The second-order valence-corrected chi connectivity index (χ2v) is 2.88. The van der Waals surface area contributed by atoms with Gasteiger partial charge in [-0.25, -0.2) is 8.78 Å². The second-order valence-electron chi connectivity index (χ2n) is 2.54. The van der Waals surface area contributed by atoms with E-state index >= 15 is 0 Å². The third-order valence-corrected chi connectivity index (χ3v) is 1.95. The van der Waals surface area contributed by atoms with E-state index < -0.39 is 11.6 Å². The molecule has 0 atom stereocenters. The molecule has 6 heteroatoms. The second kappa shape index (κ2) is 3.34. The summed E-state index contributed by atoms with van der Waals surface area (Å²) in [6.07, 6.45) is 1.21. The topological polar surface area (TPSA) is 30.7 Å². The normalized spacial score (nSPS) is 10.5. The molecule has 2 aromatic rings. The number of nitrogens with zero attached hydrogens (tertiary/aromatic N) is 3. The maximum Gasteiger partial charge on any atom is 0.229 e. The highest BCUT2D eigenvalue weighted by atomic mass is 35.5. The molecule has 3 nitrogen and oxygen atoms in total. The predicted molar refractivity (Wildman–Crippen MR) is 46.3 cm³/mol. The summed E-state index contributed by atoms with van der Waals surface area (Å²) in [5.74, 6) is -1.92. The Bertz CT molecular complexity index is 469. The molecular formula is C8H4ClF2N3. The maximum absolute atomic E-state index is 13.2. The monoisotopic (exact) mass is 215 g/mol. The van der Waals surface area contributed by atoms with E-state index in [9.17, 15) is 8.78 Å². The van der Waals surface area contributed by atoms with Gasteiger partial charge in [0.1, 0.15) is 6.33 Å². The van der Waals surface area contributed by atoms with E-state index in [2.05, 4.69) is 10.2 Å². The van der Waals surface area contributed by atoms with E-state index in [-0.39, 0.29) is 11.0 Å². The van der Waals surface area contributed by atoms with Gasteiger partial charge in [-0.05, 0) is 23.7 Å². The number of halogens is 3. The largest absolute Gasteiger partial charge is 0.269 e. The highest BCUT2D eigenvalue weighted by Gasteiger charge is 2.11. The van der Waals surface area contributed by atoms with Crippen molar-refractivity contribution in [1.29, 1.82) is 0 Å². The van der Waals surface area contributed by atoms with Crippen LogP contribution in [-0.2, 0) is 0 Å². The predicted octanol–water partition coefficient (Wildman–Crippen LogP) is 2.20. The van der Waals surface area contributed by atoms with Crippen molar-refractivity contribution in [2.45, 2.75) is 0 Å². The molecule has 1 heterocycles. The van der Waals surface area contributed by atoms with Crippen LogP contribution in [0.5, 0.6) is 0 Å². The SMILES string of the molecule is Fc1cccc(-n2cnnc2Cl)c1F. The fourth-order valence-corrected chi connectivity index (χ4v) is 1.24.